The van der Waals surface area contributed by atoms with E-state index in [-0.39, 0.29) is 16.8 Å². The van der Waals surface area contributed by atoms with Crippen LogP contribution in [0, 0.1) is 0 Å². The first-order chi connectivity index (χ1) is 13.5. The Bertz CT molecular complexity index is 948. The molecule has 3 aliphatic rings. The van der Waals surface area contributed by atoms with Crippen molar-refractivity contribution in [3.05, 3.63) is 59.9 Å². The van der Waals surface area contributed by atoms with Gasteiger partial charge in [-0.1, -0.05) is 41.7 Å². The summed E-state index contributed by atoms with van der Waals surface area (Å²) in [5, 5.41) is 8.73. The molecule has 29 heavy (non-hydrogen) atoms. The summed E-state index contributed by atoms with van der Waals surface area (Å²) in [5.41, 5.74) is 2.01. The zero-order chi connectivity index (χ0) is 21.2. The molecule has 4 rings (SSSR count). The average molecular weight is 501 g/mol. The Balaban J connectivity index is 0.000000431. The van der Waals surface area contributed by atoms with E-state index in [1.807, 2.05) is 30.0 Å². The smallest absolute Gasteiger partial charge is 0.418 e. The molecule has 3 aliphatic heterocycles. The number of rotatable bonds is 3. The molecule has 3 nitrogen and oxygen atoms in total. The molecular weight excluding hydrogens is 485 g/mol. The van der Waals surface area contributed by atoms with Gasteiger partial charge in [-0.05, 0) is 34.2 Å². The molecule has 1 aromatic carbocycles. The van der Waals surface area contributed by atoms with Crippen molar-refractivity contribution in [1.82, 2.24) is 0 Å². The fourth-order valence-corrected chi connectivity index (χ4v) is 10.3. The first-order valence-corrected chi connectivity index (χ1v) is 14.2. The maximum Gasteiger partial charge on any atom is 0.673 e. The predicted molar refractivity (Wildman–Crippen MR) is 122 cm³/mol. The van der Waals surface area contributed by atoms with Gasteiger partial charge in [0.05, 0.1) is 28.8 Å². The van der Waals surface area contributed by atoms with E-state index in [2.05, 4.69) is 27.7 Å². The van der Waals surface area contributed by atoms with Crippen molar-refractivity contribution in [2.75, 3.05) is 22.9 Å². The third-order valence-electron chi connectivity index (χ3n) is 4.02. The van der Waals surface area contributed by atoms with Gasteiger partial charge < -0.3 is 17.3 Å². The van der Waals surface area contributed by atoms with E-state index in [0.29, 0.717) is 6.54 Å². The van der Waals surface area contributed by atoms with E-state index in [4.69, 9.17) is 0 Å². The monoisotopic (exact) mass is 501 g/mol. The van der Waals surface area contributed by atoms with Crippen LogP contribution in [0.2, 0.25) is 0 Å². The van der Waals surface area contributed by atoms with Gasteiger partial charge in [0.25, 0.3) is 0 Å². The summed E-state index contributed by atoms with van der Waals surface area (Å²) in [6.07, 6.45) is 1.30. The van der Waals surface area contributed by atoms with Gasteiger partial charge in [0.15, 0.2) is 0 Å². The largest absolute Gasteiger partial charge is 0.673 e. The highest BCUT2D eigenvalue weighted by atomic mass is 32.3. The van der Waals surface area contributed by atoms with E-state index in [0.717, 1.165) is 17.0 Å². The third kappa shape index (κ3) is 6.19. The third-order valence-corrected chi connectivity index (χ3v) is 11.5. The van der Waals surface area contributed by atoms with Crippen molar-refractivity contribution in [3.8, 4) is 0 Å². The summed E-state index contributed by atoms with van der Waals surface area (Å²) in [4.78, 5) is 0. The molecule has 0 bridgehead atoms. The Morgan fingerprint density at radius 1 is 1.10 bits per heavy atom. The van der Waals surface area contributed by atoms with E-state index < -0.39 is 17.3 Å². The Kier molecular flexibility index (Phi) is 7.35. The topological polar surface area (TPSA) is 37.4 Å². The van der Waals surface area contributed by atoms with Crippen molar-refractivity contribution in [2.24, 2.45) is 0 Å². The quantitative estimate of drug-likeness (QED) is 0.299. The van der Waals surface area contributed by atoms with Crippen molar-refractivity contribution >= 4 is 69.1 Å². The predicted octanol–water partition coefficient (Wildman–Crippen LogP) is 5.76. The minimum atomic E-state index is -6.00. The molecule has 0 radical (unpaired) electrons. The lowest BCUT2D eigenvalue weighted by atomic mass is 10.0. The molecule has 2 atom stereocenters. The van der Waals surface area contributed by atoms with Crippen LogP contribution in [0.1, 0.15) is 11.5 Å². The van der Waals surface area contributed by atoms with Crippen LogP contribution in [0.25, 0.3) is 0 Å². The zero-order valence-corrected chi connectivity index (χ0v) is 19.1. The van der Waals surface area contributed by atoms with Crippen LogP contribution in [0.5, 0.6) is 0 Å². The molecule has 13 heteroatoms. The highest BCUT2D eigenvalue weighted by Crippen LogP contribution is 2.50. The maximum atomic E-state index is 12.1. The van der Waals surface area contributed by atoms with Crippen molar-refractivity contribution in [3.63, 3.8) is 0 Å². The highest BCUT2D eigenvalue weighted by Gasteiger charge is 2.41. The summed E-state index contributed by atoms with van der Waals surface area (Å²) in [5.74, 6) is 1.23. The molecule has 0 saturated carbocycles. The Morgan fingerprint density at radius 3 is 2.34 bits per heavy atom. The number of sulfonamides is 1. The molecule has 3 heterocycles. The standard InChI is InChI=1S/C16H16NO2S5.BF4/c1-24(18,19)17-10-12(13-4-2-3-5-14(13)17)11-23-9-8-22-16(23)15-20-6-7-21-15;2-1(3,4)5/h2-9,12H,10-11H2,1H3;/q+1;-1. The van der Waals surface area contributed by atoms with Gasteiger partial charge in [-0.25, -0.2) is 8.42 Å². The average Bonchev–Trinajstić information content (AvgIpc) is 3.32. The second-order valence-electron chi connectivity index (χ2n) is 6.11. The minimum Gasteiger partial charge on any atom is -0.418 e. The van der Waals surface area contributed by atoms with Gasteiger partial charge in [-0.2, -0.15) is 0 Å². The van der Waals surface area contributed by atoms with Gasteiger partial charge >= 0.3 is 7.25 Å². The number of nitrogens with zero attached hydrogens (tertiary/aromatic N) is 1. The maximum absolute atomic E-state index is 12.1. The van der Waals surface area contributed by atoms with Crippen molar-refractivity contribution in [2.45, 2.75) is 5.92 Å². The Morgan fingerprint density at radius 2 is 1.72 bits per heavy atom. The van der Waals surface area contributed by atoms with Crippen LogP contribution in [-0.4, -0.2) is 34.2 Å². The van der Waals surface area contributed by atoms with Gasteiger partial charge in [0, 0.05) is 12.0 Å². The van der Waals surface area contributed by atoms with Gasteiger partial charge in [0.1, 0.15) is 15.4 Å². The molecule has 0 aromatic heterocycles. The van der Waals surface area contributed by atoms with Crippen LogP contribution in [0.4, 0.5) is 23.0 Å². The number of hydrogen-bond donors (Lipinski definition) is 0. The van der Waals surface area contributed by atoms with Crippen LogP contribution >= 0.6 is 35.3 Å². The first-order valence-electron chi connectivity index (χ1n) is 8.23. The molecule has 0 N–H and O–H groups in total. The van der Waals surface area contributed by atoms with Crippen LogP contribution < -0.4 is 4.31 Å². The highest BCUT2D eigenvalue weighted by molar-refractivity contribution is 8.32. The fourth-order valence-electron chi connectivity index (χ4n) is 3.00. The van der Waals surface area contributed by atoms with E-state index in [1.54, 1.807) is 27.8 Å². The number of para-hydroxylation sites is 1. The lowest BCUT2D eigenvalue weighted by Gasteiger charge is -2.16. The number of anilines is 1. The van der Waals surface area contributed by atoms with Crippen LogP contribution in [0.15, 0.2) is 54.4 Å². The zero-order valence-electron chi connectivity index (χ0n) is 15.0. The lowest BCUT2D eigenvalue weighted by Crippen LogP contribution is -2.29. The van der Waals surface area contributed by atoms with Crippen molar-refractivity contribution < 1.29 is 25.7 Å². The van der Waals surface area contributed by atoms with Gasteiger partial charge in [-0.3, -0.25) is 4.31 Å². The Labute approximate surface area is 182 Å². The molecule has 0 aliphatic carbocycles. The van der Waals surface area contributed by atoms with E-state index in [9.17, 15) is 25.7 Å². The Hall–Kier alpha value is -0.625. The second-order valence-corrected chi connectivity index (χ2v) is 13.2. The number of halogens is 4. The molecular formula is C16H16BF4NO2S5. The van der Waals surface area contributed by atoms with E-state index in [1.165, 1.54) is 14.7 Å². The summed E-state index contributed by atoms with van der Waals surface area (Å²) in [6, 6.07) is 7.92. The number of thioether (sulfide) groups is 3. The van der Waals surface area contributed by atoms with Gasteiger partial charge in [-0.15, -0.1) is 0 Å². The summed E-state index contributed by atoms with van der Waals surface area (Å²) in [6.45, 7) is 0.557. The van der Waals surface area contributed by atoms with E-state index >= 15 is 0 Å². The molecule has 1 aromatic rings. The molecule has 2 unspecified atom stereocenters. The van der Waals surface area contributed by atoms with Crippen LogP contribution in [0.3, 0.4) is 0 Å². The summed E-state index contributed by atoms with van der Waals surface area (Å²) >= 11 is 5.40. The summed E-state index contributed by atoms with van der Waals surface area (Å²) in [7, 11) is -9.16. The molecule has 158 valence electrons. The molecule has 0 spiro atoms. The van der Waals surface area contributed by atoms with Crippen molar-refractivity contribution in [1.29, 1.82) is 0 Å². The summed E-state index contributed by atoms with van der Waals surface area (Å²) < 4.78 is 67.7. The normalized spacial score (nSPS) is 23.4. The second kappa shape index (κ2) is 9.25. The SMILES string of the molecule is CS(=O)(=O)N1CC(C[S+]2C=CSC2=C2SC=CS2)c2ccccc21.F[B-](F)(F)F. The molecule has 0 saturated heterocycles. The minimum absolute atomic E-state index is 0.0651. The molecule has 0 amide bonds. The number of benzene rings is 1. The first kappa shape index (κ1) is 23.0. The van der Waals surface area contributed by atoms with Gasteiger partial charge in [0.2, 0.25) is 14.3 Å². The number of hydrogen-bond acceptors (Lipinski definition) is 5. The van der Waals surface area contributed by atoms with Crippen LogP contribution in [-0.2, 0) is 20.9 Å². The number of fused-ring (bicyclic) bond motifs is 1. The molecule has 0 fully saturated rings. The fraction of sp³-hybridized carbons (Fsp3) is 0.250. The lowest BCUT2D eigenvalue weighted by molar-refractivity contribution is 0.368.